The normalized spacial score (nSPS) is 12.5. The summed E-state index contributed by atoms with van der Waals surface area (Å²) >= 11 is 9.40. The van der Waals surface area contributed by atoms with Gasteiger partial charge in [-0.3, -0.25) is 0 Å². The number of hydrogen-bond acceptors (Lipinski definition) is 1. The van der Waals surface area contributed by atoms with Crippen molar-refractivity contribution in [3.63, 3.8) is 0 Å². The molecule has 100 valence electrons. The van der Waals surface area contributed by atoms with E-state index in [1.54, 1.807) is 12.1 Å². The molecule has 2 aromatic carbocycles. The standard InChI is InChI=1S/C16H16BrClO/c1-9-6-10(2)15(11(3)7-9)16(19)13-5-4-12(18)8-14(13)17/h4-8,16,19H,1-3H3. The molecule has 0 saturated heterocycles. The molecule has 2 rings (SSSR count). The largest absolute Gasteiger partial charge is 0.384 e. The number of benzene rings is 2. The van der Waals surface area contributed by atoms with Crippen LogP contribution in [0.2, 0.25) is 5.02 Å². The molecule has 0 saturated carbocycles. The third-order valence-corrected chi connectivity index (χ3v) is 4.19. The minimum absolute atomic E-state index is 0.646. The van der Waals surface area contributed by atoms with Crippen molar-refractivity contribution in [1.82, 2.24) is 0 Å². The second kappa shape index (κ2) is 5.66. The maximum atomic E-state index is 10.6. The zero-order chi connectivity index (χ0) is 14.2. The highest BCUT2D eigenvalue weighted by molar-refractivity contribution is 9.10. The van der Waals surface area contributed by atoms with E-state index < -0.39 is 6.10 Å². The summed E-state index contributed by atoms with van der Waals surface area (Å²) in [4.78, 5) is 0. The number of aliphatic hydroxyl groups excluding tert-OH is 1. The predicted molar refractivity (Wildman–Crippen MR) is 83.9 cm³/mol. The molecular weight excluding hydrogens is 324 g/mol. The Balaban J connectivity index is 2.53. The molecule has 0 fully saturated rings. The van der Waals surface area contributed by atoms with E-state index in [-0.39, 0.29) is 0 Å². The first kappa shape index (κ1) is 14.6. The Labute approximate surface area is 127 Å². The van der Waals surface area contributed by atoms with Crippen LogP contribution >= 0.6 is 27.5 Å². The van der Waals surface area contributed by atoms with Crippen LogP contribution in [0, 0.1) is 20.8 Å². The monoisotopic (exact) mass is 338 g/mol. The Kier molecular flexibility index (Phi) is 4.34. The summed E-state index contributed by atoms with van der Waals surface area (Å²) in [6.07, 6.45) is -0.646. The first-order valence-electron chi connectivity index (χ1n) is 6.11. The molecule has 1 nitrogen and oxygen atoms in total. The van der Waals surface area contributed by atoms with Gasteiger partial charge in [-0.05, 0) is 55.2 Å². The fourth-order valence-electron chi connectivity index (χ4n) is 2.50. The molecule has 3 heteroatoms. The number of halogens is 2. The minimum atomic E-state index is -0.646. The Bertz CT molecular complexity index is 599. The van der Waals surface area contributed by atoms with Crippen LogP contribution in [-0.2, 0) is 0 Å². The zero-order valence-electron chi connectivity index (χ0n) is 11.2. The quantitative estimate of drug-likeness (QED) is 0.806. The molecule has 0 heterocycles. The topological polar surface area (TPSA) is 20.2 Å². The smallest absolute Gasteiger partial charge is 0.106 e. The van der Waals surface area contributed by atoms with Gasteiger partial charge < -0.3 is 5.11 Å². The highest BCUT2D eigenvalue weighted by Crippen LogP contribution is 2.34. The lowest BCUT2D eigenvalue weighted by molar-refractivity contribution is 0.218. The van der Waals surface area contributed by atoms with Crippen LogP contribution in [0.15, 0.2) is 34.8 Å². The van der Waals surface area contributed by atoms with Crippen LogP contribution in [0.4, 0.5) is 0 Å². The van der Waals surface area contributed by atoms with Crippen molar-refractivity contribution in [3.8, 4) is 0 Å². The van der Waals surface area contributed by atoms with Crippen LogP contribution in [0.3, 0.4) is 0 Å². The van der Waals surface area contributed by atoms with E-state index in [9.17, 15) is 5.11 Å². The molecular formula is C16H16BrClO. The van der Waals surface area contributed by atoms with Crippen LogP contribution < -0.4 is 0 Å². The average Bonchev–Trinajstić information content (AvgIpc) is 2.26. The summed E-state index contributed by atoms with van der Waals surface area (Å²) in [5.74, 6) is 0. The van der Waals surface area contributed by atoms with E-state index in [1.807, 2.05) is 19.9 Å². The average molecular weight is 340 g/mol. The van der Waals surface area contributed by atoms with Crippen molar-refractivity contribution < 1.29 is 5.11 Å². The van der Waals surface area contributed by atoms with Gasteiger partial charge in [-0.25, -0.2) is 0 Å². The van der Waals surface area contributed by atoms with Crippen molar-refractivity contribution in [3.05, 3.63) is 67.6 Å². The minimum Gasteiger partial charge on any atom is -0.384 e. The summed E-state index contributed by atoms with van der Waals surface area (Å²) in [7, 11) is 0. The highest BCUT2D eigenvalue weighted by Gasteiger charge is 2.18. The summed E-state index contributed by atoms with van der Waals surface area (Å²) < 4.78 is 0.826. The molecule has 0 bridgehead atoms. The summed E-state index contributed by atoms with van der Waals surface area (Å²) in [6, 6.07) is 9.64. The lowest BCUT2D eigenvalue weighted by Crippen LogP contribution is -2.06. The van der Waals surface area contributed by atoms with Gasteiger partial charge in [0.15, 0.2) is 0 Å². The molecule has 19 heavy (non-hydrogen) atoms. The zero-order valence-corrected chi connectivity index (χ0v) is 13.5. The molecule has 0 aliphatic heterocycles. The lowest BCUT2D eigenvalue weighted by Gasteiger charge is -2.19. The SMILES string of the molecule is Cc1cc(C)c(C(O)c2ccc(Cl)cc2Br)c(C)c1. The summed E-state index contributed by atoms with van der Waals surface area (Å²) in [6.45, 7) is 6.12. The summed E-state index contributed by atoms with van der Waals surface area (Å²) in [5, 5.41) is 11.3. The summed E-state index contributed by atoms with van der Waals surface area (Å²) in [5.41, 5.74) is 5.22. The van der Waals surface area contributed by atoms with Gasteiger partial charge in [0, 0.05) is 9.50 Å². The van der Waals surface area contributed by atoms with Crippen molar-refractivity contribution in [1.29, 1.82) is 0 Å². The fraction of sp³-hybridized carbons (Fsp3) is 0.250. The van der Waals surface area contributed by atoms with Crippen molar-refractivity contribution in [2.75, 3.05) is 0 Å². The van der Waals surface area contributed by atoms with Gasteiger partial charge >= 0.3 is 0 Å². The second-order valence-electron chi connectivity index (χ2n) is 4.88. The molecule has 0 amide bonds. The van der Waals surface area contributed by atoms with E-state index in [0.29, 0.717) is 5.02 Å². The molecule has 0 radical (unpaired) electrons. The Morgan fingerprint density at radius 1 is 1.05 bits per heavy atom. The molecule has 1 N–H and O–H groups in total. The molecule has 2 aromatic rings. The van der Waals surface area contributed by atoms with E-state index in [1.165, 1.54) is 5.56 Å². The van der Waals surface area contributed by atoms with Gasteiger partial charge in [-0.1, -0.05) is 51.3 Å². The highest BCUT2D eigenvalue weighted by atomic mass is 79.9. The second-order valence-corrected chi connectivity index (χ2v) is 6.17. The van der Waals surface area contributed by atoms with Crippen LogP contribution in [-0.4, -0.2) is 5.11 Å². The van der Waals surface area contributed by atoms with Crippen LogP contribution in [0.5, 0.6) is 0 Å². The number of hydrogen-bond donors (Lipinski definition) is 1. The van der Waals surface area contributed by atoms with Gasteiger partial charge in [0.1, 0.15) is 6.10 Å². The van der Waals surface area contributed by atoms with Crippen molar-refractivity contribution >= 4 is 27.5 Å². The molecule has 0 aliphatic rings. The fourth-order valence-corrected chi connectivity index (χ4v) is 3.40. The van der Waals surface area contributed by atoms with E-state index >= 15 is 0 Å². The third kappa shape index (κ3) is 3.02. The van der Waals surface area contributed by atoms with Gasteiger partial charge in [0.2, 0.25) is 0 Å². The first-order valence-corrected chi connectivity index (χ1v) is 7.28. The molecule has 1 unspecified atom stereocenters. The van der Waals surface area contributed by atoms with Crippen molar-refractivity contribution in [2.45, 2.75) is 26.9 Å². The number of aryl methyl sites for hydroxylation is 3. The molecule has 1 atom stereocenters. The van der Waals surface area contributed by atoms with E-state index in [2.05, 4.69) is 35.0 Å². The van der Waals surface area contributed by atoms with E-state index in [0.717, 1.165) is 26.7 Å². The maximum absolute atomic E-state index is 10.6. The van der Waals surface area contributed by atoms with Gasteiger partial charge in [0.05, 0.1) is 0 Å². The van der Waals surface area contributed by atoms with Gasteiger partial charge in [-0.2, -0.15) is 0 Å². The van der Waals surface area contributed by atoms with Crippen LogP contribution in [0.25, 0.3) is 0 Å². The molecule has 0 aromatic heterocycles. The van der Waals surface area contributed by atoms with Crippen LogP contribution in [0.1, 0.15) is 33.9 Å². The number of rotatable bonds is 2. The van der Waals surface area contributed by atoms with Crippen molar-refractivity contribution in [2.24, 2.45) is 0 Å². The molecule has 0 spiro atoms. The van der Waals surface area contributed by atoms with Gasteiger partial charge in [-0.15, -0.1) is 0 Å². The Morgan fingerprint density at radius 2 is 1.63 bits per heavy atom. The maximum Gasteiger partial charge on any atom is 0.106 e. The van der Waals surface area contributed by atoms with E-state index in [4.69, 9.17) is 11.6 Å². The Morgan fingerprint density at radius 3 is 2.16 bits per heavy atom. The molecule has 0 aliphatic carbocycles. The number of aliphatic hydroxyl groups is 1. The van der Waals surface area contributed by atoms with Gasteiger partial charge in [0.25, 0.3) is 0 Å². The lowest BCUT2D eigenvalue weighted by atomic mass is 9.92. The Hall–Kier alpha value is -0.830. The third-order valence-electron chi connectivity index (χ3n) is 3.27. The predicted octanol–water partition coefficient (Wildman–Crippen LogP) is 5.11. The first-order chi connectivity index (χ1) is 8.90.